The molecule has 2 N–H and O–H groups in total. The molecule has 1 aliphatic carbocycles. The van der Waals surface area contributed by atoms with E-state index in [1.165, 1.54) is 4.88 Å². The number of hydrogen-bond acceptors (Lipinski definition) is 4. The molecule has 130 valence electrons. The quantitative estimate of drug-likeness (QED) is 0.640. The van der Waals surface area contributed by atoms with Gasteiger partial charge in [0.2, 0.25) is 0 Å². The fraction of sp³-hybridized carbons (Fsp3) is 0.765. The van der Waals surface area contributed by atoms with E-state index < -0.39 is 0 Å². The number of ether oxygens (including phenoxy) is 1. The second kappa shape index (κ2) is 6.77. The van der Waals surface area contributed by atoms with Crippen LogP contribution in [0.4, 0.5) is 0 Å². The van der Waals surface area contributed by atoms with Crippen molar-refractivity contribution in [1.29, 1.82) is 0 Å². The van der Waals surface area contributed by atoms with Crippen LogP contribution in [0.25, 0.3) is 0 Å². The summed E-state index contributed by atoms with van der Waals surface area (Å²) in [5, 5.41) is 8.02. The highest BCUT2D eigenvalue weighted by Gasteiger charge is 2.58. The SMILES string of the molecule is CCNC(=NCc1sc(C)nc1C)NC1CC(C)(OC)C1(C)C. The van der Waals surface area contributed by atoms with Crippen molar-refractivity contribution in [3.8, 4) is 0 Å². The van der Waals surface area contributed by atoms with E-state index in [4.69, 9.17) is 9.73 Å². The van der Waals surface area contributed by atoms with Crippen molar-refractivity contribution in [2.24, 2.45) is 10.4 Å². The van der Waals surface area contributed by atoms with E-state index in [1.54, 1.807) is 18.4 Å². The fourth-order valence-electron chi connectivity index (χ4n) is 3.08. The minimum absolute atomic E-state index is 0.0644. The van der Waals surface area contributed by atoms with Crippen molar-refractivity contribution < 1.29 is 4.74 Å². The van der Waals surface area contributed by atoms with Crippen LogP contribution >= 0.6 is 11.3 Å². The monoisotopic (exact) mass is 338 g/mol. The van der Waals surface area contributed by atoms with Crippen molar-refractivity contribution in [2.75, 3.05) is 13.7 Å². The lowest BCUT2D eigenvalue weighted by Gasteiger charge is -2.59. The van der Waals surface area contributed by atoms with Gasteiger partial charge in [-0.05, 0) is 34.1 Å². The Morgan fingerprint density at radius 1 is 1.39 bits per heavy atom. The molecule has 0 amide bonds. The molecule has 1 aliphatic rings. The molecule has 23 heavy (non-hydrogen) atoms. The van der Waals surface area contributed by atoms with Gasteiger partial charge >= 0.3 is 0 Å². The first-order chi connectivity index (χ1) is 10.7. The van der Waals surface area contributed by atoms with Crippen LogP contribution in [0.5, 0.6) is 0 Å². The van der Waals surface area contributed by atoms with Crippen LogP contribution < -0.4 is 10.6 Å². The predicted octanol–water partition coefficient (Wildman–Crippen LogP) is 3.02. The number of aryl methyl sites for hydroxylation is 2. The summed E-state index contributed by atoms with van der Waals surface area (Å²) in [5.41, 5.74) is 1.07. The number of hydrogen-bond donors (Lipinski definition) is 2. The molecule has 0 spiro atoms. The van der Waals surface area contributed by atoms with Crippen molar-refractivity contribution in [3.63, 3.8) is 0 Å². The zero-order chi connectivity index (χ0) is 17.3. The number of aliphatic imine (C=N–C) groups is 1. The lowest BCUT2D eigenvalue weighted by atomic mass is 9.56. The van der Waals surface area contributed by atoms with Gasteiger partial charge in [0.25, 0.3) is 0 Å². The molecule has 6 heteroatoms. The molecule has 2 atom stereocenters. The second-order valence-electron chi connectivity index (χ2n) is 6.99. The number of nitrogens with zero attached hydrogens (tertiary/aromatic N) is 2. The lowest BCUT2D eigenvalue weighted by molar-refractivity contribution is -0.176. The highest BCUT2D eigenvalue weighted by molar-refractivity contribution is 7.11. The molecule has 1 fully saturated rings. The smallest absolute Gasteiger partial charge is 0.191 e. The largest absolute Gasteiger partial charge is 0.378 e. The minimum atomic E-state index is -0.0760. The van der Waals surface area contributed by atoms with Gasteiger partial charge in [-0.2, -0.15) is 0 Å². The standard InChI is InChI=1S/C17H30N4OS/c1-8-18-15(19-10-13-11(2)20-12(3)23-13)21-14-9-17(6,22-7)16(14,4)5/h14H,8-10H2,1-7H3,(H2,18,19,21). The number of methoxy groups -OCH3 is 1. The van der Waals surface area contributed by atoms with Gasteiger partial charge in [0.1, 0.15) is 0 Å². The number of aromatic nitrogens is 1. The normalized spacial score (nSPS) is 26.7. The summed E-state index contributed by atoms with van der Waals surface area (Å²) in [6.07, 6.45) is 0.986. The molecule has 0 aliphatic heterocycles. The molecular formula is C17H30N4OS. The van der Waals surface area contributed by atoms with Crippen LogP contribution in [0.1, 0.15) is 49.7 Å². The van der Waals surface area contributed by atoms with Crippen molar-refractivity contribution >= 4 is 17.3 Å². The van der Waals surface area contributed by atoms with E-state index in [0.29, 0.717) is 12.6 Å². The Morgan fingerprint density at radius 3 is 2.57 bits per heavy atom. The summed E-state index contributed by atoms with van der Waals surface area (Å²) in [6, 6.07) is 0.356. The maximum atomic E-state index is 5.70. The van der Waals surface area contributed by atoms with Crippen molar-refractivity contribution in [3.05, 3.63) is 15.6 Å². The molecule has 0 bridgehead atoms. The molecule has 1 heterocycles. The highest BCUT2D eigenvalue weighted by Crippen LogP contribution is 2.51. The minimum Gasteiger partial charge on any atom is -0.378 e. The summed E-state index contributed by atoms with van der Waals surface area (Å²) >= 11 is 1.72. The third-order valence-corrected chi connectivity index (χ3v) is 6.37. The second-order valence-corrected chi connectivity index (χ2v) is 8.28. The fourth-order valence-corrected chi connectivity index (χ4v) is 3.94. The Morgan fingerprint density at radius 2 is 2.09 bits per heavy atom. The van der Waals surface area contributed by atoms with Gasteiger partial charge in [0.15, 0.2) is 5.96 Å². The zero-order valence-corrected chi connectivity index (χ0v) is 16.2. The number of nitrogens with one attached hydrogen (secondary N) is 2. The molecule has 0 saturated heterocycles. The summed E-state index contributed by atoms with van der Waals surface area (Å²) in [6.45, 7) is 14.4. The summed E-state index contributed by atoms with van der Waals surface area (Å²) in [5.74, 6) is 0.870. The van der Waals surface area contributed by atoms with E-state index >= 15 is 0 Å². The van der Waals surface area contributed by atoms with Crippen LogP contribution in [0, 0.1) is 19.3 Å². The first kappa shape index (κ1) is 18.2. The molecular weight excluding hydrogens is 308 g/mol. The highest BCUT2D eigenvalue weighted by atomic mass is 32.1. The van der Waals surface area contributed by atoms with Gasteiger partial charge in [-0.15, -0.1) is 11.3 Å². The average molecular weight is 339 g/mol. The Balaban J connectivity index is 2.05. The van der Waals surface area contributed by atoms with E-state index in [0.717, 1.165) is 29.6 Å². The lowest BCUT2D eigenvalue weighted by Crippen LogP contribution is -2.69. The first-order valence-electron chi connectivity index (χ1n) is 8.26. The van der Waals surface area contributed by atoms with Crippen LogP contribution in [-0.4, -0.2) is 36.2 Å². The maximum Gasteiger partial charge on any atom is 0.191 e. The zero-order valence-electron chi connectivity index (χ0n) is 15.4. The summed E-state index contributed by atoms with van der Waals surface area (Å²) in [4.78, 5) is 10.4. The van der Waals surface area contributed by atoms with Gasteiger partial charge in [0.05, 0.1) is 22.8 Å². The van der Waals surface area contributed by atoms with Gasteiger partial charge in [-0.1, -0.05) is 13.8 Å². The molecule has 2 rings (SSSR count). The predicted molar refractivity (Wildman–Crippen MR) is 97.1 cm³/mol. The van der Waals surface area contributed by atoms with Crippen LogP contribution in [-0.2, 0) is 11.3 Å². The maximum absolute atomic E-state index is 5.70. The number of rotatable bonds is 5. The molecule has 2 unspecified atom stereocenters. The summed E-state index contributed by atoms with van der Waals surface area (Å²) < 4.78 is 5.70. The molecule has 0 aromatic carbocycles. The van der Waals surface area contributed by atoms with Crippen LogP contribution in [0.3, 0.4) is 0 Å². The number of thiazole rings is 1. The molecule has 1 saturated carbocycles. The van der Waals surface area contributed by atoms with Gasteiger partial charge in [-0.3, -0.25) is 0 Å². The third-order valence-electron chi connectivity index (χ3n) is 5.31. The van der Waals surface area contributed by atoms with E-state index in [9.17, 15) is 0 Å². The van der Waals surface area contributed by atoms with E-state index in [2.05, 4.69) is 43.3 Å². The molecule has 0 radical (unpaired) electrons. The Bertz CT molecular complexity index is 581. The first-order valence-corrected chi connectivity index (χ1v) is 9.08. The Labute approximate surface area is 144 Å². The Hall–Kier alpha value is -1.14. The van der Waals surface area contributed by atoms with E-state index in [1.807, 2.05) is 13.8 Å². The molecule has 1 aromatic rings. The van der Waals surface area contributed by atoms with Crippen LogP contribution in [0.15, 0.2) is 4.99 Å². The molecule has 1 aromatic heterocycles. The third kappa shape index (κ3) is 3.53. The van der Waals surface area contributed by atoms with Crippen molar-refractivity contribution in [1.82, 2.24) is 15.6 Å². The topological polar surface area (TPSA) is 58.5 Å². The number of guanidine groups is 1. The van der Waals surface area contributed by atoms with Crippen molar-refractivity contribution in [2.45, 2.75) is 66.2 Å². The van der Waals surface area contributed by atoms with Gasteiger partial charge < -0.3 is 15.4 Å². The average Bonchev–Trinajstić information content (AvgIpc) is 2.81. The Kier molecular flexibility index (Phi) is 5.36. The summed E-state index contributed by atoms with van der Waals surface area (Å²) in [7, 11) is 1.80. The van der Waals surface area contributed by atoms with E-state index in [-0.39, 0.29) is 11.0 Å². The van der Waals surface area contributed by atoms with Gasteiger partial charge in [0, 0.05) is 30.0 Å². The van der Waals surface area contributed by atoms with Crippen LogP contribution in [0.2, 0.25) is 0 Å². The van der Waals surface area contributed by atoms with Gasteiger partial charge in [-0.25, -0.2) is 9.98 Å². The molecule has 5 nitrogen and oxygen atoms in total.